The number of carbonyl (C=O) groups excluding carboxylic acids is 1. The van der Waals surface area contributed by atoms with Crippen molar-refractivity contribution in [2.75, 3.05) is 20.6 Å². The Balaban J connectivity index is 0.00000392. The van der Waals surface area contributed by atoms with Crippen LogP contribution in [0, 0.1) is 12.7 Å². The van der Waals surface area contributed by atoms with Crippen LogP contribution in [0.25, 0.3) is 0 Å². The molecule has 0 atom stereocenters. The number of halogens is 3. The highest BCUT2D eigenvalue weighted by atomic mass is 127. The van der Waals surface area contributed by atoms with E-state index < -0.39 is 0 Å². The number of hydrogen-bond donors (Lipinski definition) is 2. The molecule has 0 unspecified atom stereocenters. The monoisotopic (exact) mass is 562 g/mol. The largest absolute Gasteiger partial charge is 0.352 e. The van der Waals surface area contributed by atoms with E-state index in [0.717, 1.165) is 15.6 Å². The quantitative estimate of drug-likeness (QED) is 0.319. The van der Waals surface area contributed by atoms with E-state index in [1.165, 1.54) is 11.0 Å². The Hall–Kier alpha value is -1.68. The molecule has 0 saturated heterocycles. The number of nitrogens with one attached hydrogen (secondary N) is 2. The summed E-state index contributed by atoms with van der Waals surface area (Å²) in [7, 11) is 3.40. The van der Waals surface area contributed by atoms with Crippen molar-refractivity contribution in [3.63, 3.8) is 0 Å². The maximum atomic E-state index is 13.7. The standard InChI is InChI=1S/C20H24BrFN4O.HI/c1-14-4-5-16(10-18(14)22)12-24-20(25-13-19(27)26(2)3)23-11-15-6-8-17(21)9-7-15;/h4-10H,11-13H2,1-3H3,(H2,23,24,25);1H. The zero-order valence-electron chi connectivity index (χ0n) is 16.1. The molecular weight excluding hydrogens is 538 g/mol. The average molecular weight is 563 g/mol. The lowest BCUT2D eigenvalue weighted by Gasteiger charge is -2.15. The van der Waals surface area contributed by atoms with Crippen LogP contribution in [0.5, 0.6) is 0 Å². The zero-order valence-corrected chi connectivity index (χ0v) is 20.0. The van der Waals surface area contributed by atoms with Crippen molar-refractivity contribution < 1.29 is 9.18 Å². The van der Waals surface area contributed by atoms with Crippen LogP contribution in [0.1, 0.15) is 16.7 Å². The maximum Gasteiger partial charge on any atom is 0.241 e. The predicted octanol–water partition coefficient (Wildman–Crippen LogP) is 3.84. The van der Waals surface area contributed by atoms with Gasteiger partial charge in [0.05, 0.1) is 13.1 Å². The fourth-order valence-corrected chi connectivity index (χ4v) is 2.45. The van der Waals surface area contributed by atoms with Crippen LogP contribution in [-0.4, -0.2) is 37.4 Å². The molecule has 0 heterocycles. The van der Waals surface area contributed by atoms with E-state index in [0.29, 0.717) is 24.6 Å². The number of amides is 1. The SMILES string of the molecule is Cc1ccc(CN=C(NCC(=O)N(C)C)NCc2ccc(Br)cc2)cc1F.I. The summed E-state index contributed by atoms with van der Waals surface area (Å²) in [6.45, 7) is 2.71. The highest BCUT2D eigenvalue weighted by molar-refractivity contribution is 14.0. The zero-order chi connectivity index (χ0) is 19.8. The van der Waals surface area contributed by atoms with Crippen molar-refractivity contribution in [2.24, 2.45) is 4.99 Å². The summed E-state index contributed by atoms with van der Waals surface area (Å²) < 4.78 is 14.7. The fourth-order valence-electron chi connectivity index (χ4n) is 2.18. The normalized spacial score (nSPS) is 10.8. The molecule has 0 aliphatic rings. The van der Waals surface area contributed by atoms with Gasteiger partial charge in [-0.05, 0) is 41.8 Å². The summed E-state index contributed by atoms with van der Waals surface area (Å²) in [4.78, 5) is 17.8. The first-order valence-electron chi connectivity index (χ1n) is 8.57. The van der Waals surface area contributed by atoms with Gasteiger partial charge in [-0.1, -0.05) is 40.2 Å². The molecule has 2 aromatic rings. The van der Waals surface area contributed by atoms with Gasteiger partial charge in [-0.15, -0.1) is 24.0 Å². The lowest BCUT2D eigenvalue weighted by molar-refractivity contribution is -0.127. The smallest absolute Gasteiger partial charge is 0.241 e. The highest BCUT2D eigenvalue weighted by Gasteiger charge is 2.07. The summed E-state index contributed by atoms with van der Waals surface area (Å²) in [5.41, 5.74) is 2.45. The molecule has 0 fully saturated rings. The van der Waals surface area contributed by atoms with Crippen LogP contribution in [0.3, 0.4) is 0 Å². The second kappa shape index (κ2) is 12.0. The molecule has 2 N–H and O–H groups in total. The summed E-state index contributed by atoms with van der Waals surface area (Å²) in [5.74, 6) is 0.187. The van der Waals surface area contributed by atoms with Crippen LogP contribution < -0.4 is 10.6 Å². The van der Waals surface area contributed by atoms with Crippen molar-refractivity contribution >= 4 is 51.8 Å². The summed E-state index contributed by atoms with van der Waals surface area (Å²) in [6, 6.07) is 13.0. The van der Waals surface area contributed by atoms with Crippen molar-refractivity contribution in [1.29, 1.82) is 0 Å². The summed E-state index contributed by atoms with van der Waals surface area (Å²) in [6.07, 6.45) is 0. The third kappa shape index (κ3) is 8.14. The van der Waals surface area contributed by atoms with Gasteiger partial charge in [-0.2, -0.15) is 0 Å². The molecule has 5 nitrogen and oxygen atoms in total. The molecule has 0 aliphatic heterocycles. The minimum atomic E-state index is -0.247. The maximum absolute atomic E-state index is 13.7. The van der Waals surface area contributed by atoms with E-state index in [-0.39, 0.29) is 42.2 Å². The molecule has 0 aliphatic carbocycles. The van der Waals surface area contributed by atoms with E-state index in [1.54, 1.807) is 27.1 Å². The third-order valence-electron chi connectivity index (χ3n) is 3.94. The van der Waals surface area contributed by atoms with Gasteiger partial charge >= 0.3 is 0 Å². The number of guanidine groups is 1. The molecule has 0 radical (unpaired) electrons. The molecule has 152 valence electrons. The van der Waals surface area contributed by atoms with Crippen LogP contribution in [0.2, 0.25) is 0 Å². The molecule has 0 spiro atoms. The van der Waals surface area contributed by atoms with E-state index in [2.05, 4.69) is 31.6 Å². The van der Waals surface area contributed by atoms with Gasteiger partial charge in [0.15, 0.2) is 5.96 Å². The first-order chi connectivity index (χ1) is 12.8. The number of nitrogens with zero attached hydrogens (tertiary/aromatic N) is 2. The van der Waals surface area contributed by atoms with Gasteiger partial charge in [0.2, 0.25) is 5.91 Å². The van der Waals surface area contributed by atoms with Gasteiger partial charge in [0, 0.05) is 25.1 Å². The van der Waals surface area contributed by atoms with E-state index >= 15 is 0 Å². The second-order valence-corrected chi connectivity index (χ2v) is 7.29. The number of aliphatic imine (C=N–C) groups is 1. The summed E-state index contributed by atoms with van der Waals surface area (Å²) >= 11 is 3.41. The Morgan fingerprint density at radius 2 is 1.75 bits per heavy atom. The minimum absolute atomic E-state index is 0. The number of carbonyl (C=O) groups is 1. The second-order valence-electron chi connectivity index (χ2n) is 6.37. The van der Waals surface area contributed by atoms with Gasteiger partial charge in [0.25, 0.3) is 0 Å². The van der Waals surface area contributed by atoms with E-state index in [4.69, 9.17) is 0 Å². The fraction of sp³-hybridized carbons (Fsp3) is 0.300. The van der Waals surface area contributed by atoms with Crippen molar-refractivity contribution in [1.82, 2.24) is 15.5 Å². The first kappa shape index (κ1) is 24.4. The topological polar surface area (TPSA) is 56.7 Å². The number of hydrogen-bond acceptors (Lipinski definition) is 2. The van der Waals surface area contributed by atoms with Gasteiger partial charge < -0.3 is 15.5 Å². The molecule has 0 bridgehead atoms. The molecule has 0 aromatic heterocycles. The minimum Gasteiger partial charge on any atom is -0.352 e. The van der Waals surface area contributed by atoms with Gasteiger partial charge in [0.1, 0.15) is 5.82 Å². The molecule has 0 saturated carbocycles. The number of likely N-dealkylation sites (N-methyl/N-ethyl adjacent to an activating group) is 1. The molecule has 8 heteroatoms. The first-order valence-corrected chi connectivity index (χ1v) is 9.36. The van der Waals surface area contributed by atoms with Crippen LogP contribution >= 0.6 is 39.9 Å². The Kier molecular flexibility index (Phi) is 10.4. The Labute approximate surface area is 191 Å². The summed E-state index contributed by atoms with van der Waals surface area (Å²) in [5, 5.41) is 6.23. The van der Waals surface area contributed by atoms with Gasteiger partial charge in [-0.3, -0.25) is 4.79 Å². The Morgan fingerprint density at radius 1 is 1.11 bits per heavy atom. The van der Waals surface area contributed by atoms with E-state index in [9.17, 15) is 9.18 Å². The molecule has 1 amide bonds. The van der Waals surface area contributed by atoms with Crippen molar-refractivity contribution in [3.8, 4) is 0 Å². The number of benzene rings is 2. The van der Waals surface area contributed by atoms with Crippen molar-refractivity contribution in [2.45, 2.75) is 20.0 Å². The lowest BCUT2D eigenvalue weighted by atomic mass is 10.1. The van der Waals surface area contributed by atoms with E-state index in [1.807, 2.05) is 30.3 Å². The van der Waals surface area contributed by atoms with Crippen LogP contribution in [-0.2, 0) is 17.9 Å². The molecule has 28 heavy (non-hydrogen) atoms. The Morgan fingerprint density at radius 3 is 2.36 bits per heavy atom. The van der Waals surface area contributed by atoms with Crippen molar-refractivity contribution in [3.05, 3.63) is 69.4 Å². The van der Waals surface area contributed by atoms with Gasteiger partial charge in [-0.25, -0.2) is 9.38 Å². The highest BCUT2D eigenvalue weighted by Crippen LogP contribution is 2.11. The molecular formula is C20H25BrFIN4O. The van der Waals surface area contributed by atoms with Crippen LogP contribution in [0.4, 0.5) is 4.39 Å². The number of rotatable bonds is 6. The third-order valence-corrected chi connectivity index (χ3v) is 4.46. The predicted molar refractivity (Wildman–Crippen MR) is 125 cm³/mol. The molecule has 2 rings (SSSR count). The number of aryl methyl sites for hydroxylation is 1. The Bertz CT molecular complexity index is 812. The van der Waals surface area contributed by atoms with Crippen LogP contribution in [0.15, 0.2) is 51.9 Å². The molecule has 2 aromatic carbocycles. The average Bonchev–Trinajstić information content (AvgIpc) is 2.64. The lowest BCUT2D eigenvalue weighted by Crippen LogP contribution is -2.42.